The molecule has 1 aliphatic rings. The van der Waals surface area contributed by atoms with E-state index in [-0.39, 0.29) is 24.0 Å². The van der Waals surface area contributed by atoms with Crippen LogP contribution in [-0.4, -0.2) is 16.3 Å². The van der Waals surface area contributed by atoms with E-state index in [1.54, 1.807) is 0 Å². The molecule has 0 spiro atoms. The summed E-state index contributed by atoms with van der Waals surface area (Å²) in [7, 11) is 0. The Bertz CT molecular complexity index is 502. The lowest BCUT2D eigenvalue weighted by molar-refractivity contribution is -0.123. The van der Waals surface area contributed by atoms with Crippen molar-refractivity contribution >= 4 is 29.1 Å². The highest BCUT2D eigenvalue weighted by Crippen LogP contribution is 2.53. The minimum atomic E-state index is -0.883. The SMILES string of the molecule is CC(C)Oc1cccc(C(C)NC(=O)C2CC2(Cl)Cl)c1. The Balaban J connectivity index is 1.98. The van der Waals surface area contributed by atoms with Crippen LogP contribution >= 0.6 is 23.2 Å². The van der Waals surface area contributed by atoms with Gasteiger partial charge in [0.05, 0.1) is 18.1 Å². The highest BCUT2D eigenvalue weighted by Gasteiger charge is 2.56. The van der Waals surface area contributed by atoms with Gasteiger partial charge in [0, 0.05) is 0 Å². The third-order valence-corrected chi connectivity index (χ3v) is 4.07. The number of hydrogen-bond donors (Lipinski definition) is 1. The average Bonchev–Trinajstić information content (AvgIpc) is 2.98. The van der Waals surface area contributed by atoms with Crippen LogP contribution in [0.1, 0.15) is 38.8 Å². The predicted octanol–water partition coefficient (Wildman–Crippen LogP) is 3.84. The molecular formula is C15H19Cl2NO2. The lowest BCUT2D eigenvalue weighted by Crippen LogP contribution is -2.29. The number of carbonyl (C=O) groups excluding carboxylic acids is 1. The van der Waals surface area contributed by atoms with Crippen LogP contribution in [0.5, 0.6) is 5.75 Å². The Morgan fingerprint density at radius 1 is 1.40 bits per heavy atom. The zero-order chi connectivity index (χ0) is 14.9. The molecule has 2 atom stereocenters. The second-order valence-electron chi connectivity index (χ2n) is 5.49. The zero-order valence-corrected chi connectivity index (χ0v) is 13.3. The summed E-state index contributed by atoms with van der Waals surface area (Å²) in [5.41, 5.74) is 0.992. The van der Waals surface area contributed by atoms with Crippen molar-refractivity contribution in [3.05, 3.63) is 29.8 Å². The van der Waals surface area contributed by atoms with Crippen LogP contribution in [0.3, 0.4) is 0 Å². The summed E-state index contributed by atoms with van der Waals surface area (Å²) >= 11 is 11.8. The Hall–Kier alpha value is -0.930. The van der Waals surface area contributed by atoms with Gasteiger partial charge in [0.15, 0.2) is 0 Å². The first kappa shape index (κ1) is 15.5. The molecule has 5 heteroatoms. The maximum atomic E-state index is 12.0. The van der Waals surface area contributed by atoms with E-state index in [0.29, 0.717) is 6.42 Å². The van der Waals surface area contributed by atoms with Crippen LogP contribution in [0.4, 0.5) is 0 Å². The van der Waals surface area contributed by atoms with Gasteiger partial charge in [-0.25, -0.2) is 0 Å². The summed E-state index contributed by atoms with van der Waals surface area (Å²) in [6.07, 6.45) is 0.639. The summed E-state index contributed by atoms with van der Waals surface area (Å²) < 4.78 is 4.77. The summed E-state index contributed by atoms with van der Waals surface area (Å²) in [6, 6.07) is 7.61. The molecule has 0 aliphatic heterocycles. The molecule has 1 aromatic rings. The molecule has 1 aliphatic carbocycles. The molecule has 0 heterocycles. The van der Waals surface area contributed by atoms with E-state index in [9.17, 15) is 4.79 Å². The van der Waals surface area contributed by atoms with Gasteiger partial charge < -0.3 is 10.1 Å². The molecule has 1 aromatic carbocycles. The van der Waals surface area contributed by atoms with Gasteiger partial charge in [-0.05, 0) is 44.9 Å². The number of hydrogen-bond acceptors (Lipinski definition) is 2. The van der Waals surface area contributed by atoms with Gasteiger partial charge in [-0.3, -0.25) is 4.79 Å². The highest BCUT2D eigenvalue weighted by molar-refractivity contribution is 6.52. The van der Waals surface area contributed by atoms with Gasteiger partial charge in [-0.15, -0.1) is 23.2 Å². The summed E-state index contributed by atoms with van der Waals surface area (Å²) in [4.78, 5) is 12.0. The van der Waals surface area contributed by atoms with Gasteiger partial charge in [-0.1, -0.05) is 12.1 Å². The fourth-order valence-corrected chi connectivity index (χ4v) is 2.53. The van der Waals surface area contributed by atoms with E-state index >= 15 is 0 Å². The van der Waals surface area contributed by atoms with Gasteiger partial charge >= 0.3 is 0 Å². The second kappa shape index (κ2) is 5.82. The standard InChI is InChI=1S/C15H19Cl2NO2/c1-9(2)20-12-6-4-5-11(7-12)10(3)18-14(19)13-8-15(13,16)17/h4-7,9-10,13H,8H2,1-3H3,(H,18,19). The number of ether oxygens (including phenoxy) is 1. The molecule has 2 unspecified atom stereocenters. The Kier molecular flexibility index (Phi) is 4.50. The first-order valence-electron chi connectivity index (χ1n) is 6.74. The molecule has 2 rings (SSSR count). The number of rotatable bonds is 5. The molecular weight excluding hydrogens is 297 g/mol. The first-order chi connectivity index (χ1) is 9.29. The zero-order valence-electron chi connectivity index (χ0n) is 11.8. The molecule has 1 amide bonds. The molecule has 1 fully saturated rings. The number of benzene rings is 1. The second-order valence-corrected chi connectivity index (χ2v) is 7.03. The van der Waals surface area contributed by atoms with Crippen LogP contribution in [0, 0.1) is 5.92 Å². The van der Waals surface area contributed by atoms with Crippen molar-refractivity contribution in [2.45, 2.75) is 43.7 Å². The molecule has 0 radical (unpaired) electrons. The maximum Gasteiger partial charge on any atom is 0.226 e. The topological polar surface area (TPSA) is 38.3 Å². The van der Waals surface area contributed by atoms with E-state index in [4.69, 9.17) is 27.9 Å². The highest BCUT2D eigenvalue weighted by atomic mass is 35.5. The summed E-state index contributed by atoms with van der Waals surface area (Å²) in [5, 5.41) is 2.93. The van der Waals surface area contributed by atoms with Gasteiger partial charge in [0.25, 0.3) is 0 Å². The average molecular weight is 316 g/mol. The predicted molar refractivity (Wildman–Crippen MR) is 81.3 cm³/mol. The number of alkyl halides is 2. The van der Waals surface area contributed by atoms with E-state index in [0.717, 1.165) is 11.3 Å². The first-order valence-corrected chi connectivity index (χ1v) is 7.50. The van der Waals surface area contributed by atoms with Crippen molar-refractivity contribution < 1.29 is 9.53 Å². The molecule has 0 aromatic heterocycles. The van der Waals surface area contributed by atoms with Gasteiger partial charge in [0.2, 0.25) is 5.91 Å². The van der Waals surface area contributed by atoms with E-state index < -0.39 is 4.33 Å². The third-order valence-electron chi connectivity index (χ3n) is 3.23. The number of halogens is 2. The van der Waals surface area contributed by atoms with Gasteiger partial charge in [0.1, 0.15) is 10.1 Å². The molecule has 1 saturated carbocycles. The van der Waals surface area contributed by atoms with Crippen LogP contribution in [0.25, 0.3) is 0 Å². The normalized spacial score (nSPS) is 21.4. The smallest absolute Gasteiger partial charge is 0.226 e. The van der Waals surface area contributed by atoms with Crippen LogP contribution in [0.15, 0.2) is 24.3 Å². The number of carbonyl (C=O) groups is 1. The lowest BCUT2D eigenvalue weighted by Gasteiger charge is -2.16. The Labute approximate surface area is 129 Å². The van der Waals surface area contributed by atoms with Crippen molar-refractivity contribution in [2.75, 3.05) is 0 Å². The van der Waals surface area contributed by atoms with Crippen molar-refractivity contribution in [3.8, 4) is 5.75 Å². The van der Waals surface area contributed by atoms with Gasteiger partial charge in [-0.2, -0.15) is 0 Å². The minimum Gasteiger partial charge on any atom is -0.491 e. The number of amides is 1. The quantitative estimate of drug-likeness (QED) is 0.838. The minimum absolute atomic E-state index is 0.0994. The van der Waals surface area contributed by atoms with Crippen LogP contribution < -0.4 is 10.1 Å². The van der Waals surface area contributed by atoms with Crippen molar-refractivity contribution in [1.29, 1.82) is 0 Å². The molecule has 3 nitrogen and oxygen atoms in total. The largest absolute Gasteiger partial charge is 0.491 e. The fraction of sp³-hybridized carbons (Fsp3) is 0.533. The summed E-state index contributed by atoms with van der Waals surface area (Å²) in [5.74, 6) is 0.398. The number of nitrogens with one attached hydrogen (secondary N) is 1. The van der Waals surface area contributed by atoms with E-state index in [2.05, 4.69) is 5.32 Å². The van der Waals surface area contributed by atoms with E-state index in [1.165, 1.54) is 0 Å². The van der Waals surface area contributed by atoms with Crippen LogP contribution in [0.2, 0.25) is 0 Å². The van der Waals surface area contributed by atoms with Crippen molar-refractivity contribution in [2.24, 2.45) is 5.92 Å². The molecule has 0 saturated heterocycles. The van der Waals surface area contributed by atoms with Crippen molar-refractivity contribution in [1.82, 2.24) is 5.32 Å². The molecule has 110 valence electrons. The molecule has 20 heavy (non-hydrogen) atoms. The van der Waals surface area contributed by atoms with Crippen molar-refractivity contribution in [3.63, 3.8) is 0 Å². The molecule has 1 N–H and O–H groups in total. The fourth-order valence-electron chi connectivity index (χ4n) is 2.02. The monoisotopic (exact) mass is 315 g/mol. The molecule has 0 bridgehead atoms. The third kappa shape index (κ3) is 3.80. The Morgan fingerprint density at radius 3 is 2.60 bits per heavy atom. The van der Waals surface area contributed by atoms with Crippen LogP contribution in [-0.2, 0) is 4.79 Å². The Morgan fingerprint density at radius 2 is 2.05 bits per heavy atom. The summed E-state index contributed by atoms with van der Waals surface area (Å²) in [6.45, 7) is 5.88. The maximum absolute atomic E-state index is 12.0. The lowest BCUT2D eigenvalue weighted by atomic mass is 10.1. The van der Waals surface area contributed by atoms with E-state index in [1.807, 2.05) is 45.0 Å².